The smallest absolute Gasteiger partial charge is 0.152 e. The Morgan fingerprint density at radius 1 is 1.17 bits per heavy atom. The lowest BCUT2D eigenvalue weighted by Crippen LogP contribution is -2.47. The van der Waals surface area contributed by atoms with Crippen molar-refractivity contribution in [2.24, 2.45) is 0 Å². The van der Waals surface area contributed by atoms with Gasteiger partial charge in [0.15, 0.2) is 6.29 Å². The Hall–Kier alpha value is -0.870. The zero-order valence-electron chi connectivity index (χ0n) is 10.3. The van der Waals surface area contributed by atoms with Crippen molar-refractivity contribution in [3.63, 3.8) is 0 Å². The van der Waals surface area contributed by atoms with E-state index in [2.05, 4.69) is 31.8 Å². The SMILES string of the molecule is O=Cc1ccc(Br)cc1N1CCN(C2CC2)CC1. The maximum Gasteiger partial charge on any atom is 0.152 e. The lowest BCUT2D eigenvalue weighted by Gasteiger charge is -2.36. The minimum Gasteiger partial charge on any atom is -0.368 e. The largest absolute Gasteiger partial charge is 0.368 e. The van der Waals surface area contributed by atoms with Crippen LogP contribution in [0.4, 0.5) is 5.69 Å². The van der Waals surface area contributed by atoms with E-state index >= 15 is 0 Å². The Labute approximate surface area is 116 Å². The number of carbonyl (C=O) groups excluding carboxylic acids is 1. The van der Waals surface area contributed by atoms with Crippen LogP contribution in [0.15, 0.2) is 22.7 Å². The molecule has 1 aromatic rings. The van der Waals surface area contributed by atoms with E-state index in [1.54, 1.807) is 0 Å². The minimum atomic E-state index is 0.790. The summed E-state index contributed by atoms with van der Waals surface area (Å²) in [6.07, 6.45) is 3.70. The fourth-order valence-electron chi connectivity index (χ4n) is 2.66. The lowest BCUT2D eigenvalue weighted by atomic mass is 10.1. The van der Waals surface area contributed by atoms with Crippen molar-refractivity contribution in [3.8, 4) is 0 Å². The van der Waals surface area contributed by atoms with E-state index in [4.69, 9.17) is 0 Å². The number of hydrogen-bond donors (Lipinski definition) is 0. The second-order valence-corrected chi connectivity index (χ2v) is 5.99. The maximum absolute atomic E-state index is 11.1. The summed E-state index contributed by atoms with van der Waals surface area (Å²) in [5, 5.41) is 0. The van der Waals surface area contributed by atoms with E-state index in [0.29, 0.717) is 0 Å². The molecule has 0 N–H and O–H groups in total. The van der Waals surface area contributed by atoms with Gasteiger partial charge in [0.05, 0.1) is 0 Å². The molecule has 1 aliphatic heterocycles. The van der Waals surface area contributed by atoms with Crippen LogP contribution < -0.4 is 4.90 Å². The maximum atomic E-state index is 11.1. The van der Waals surface area contributed by atoms with Gasteiger partial charge in [-0.3, -0.25) is 9.69 Å². The first-order chi connectivity index (χ1) is 8.78. The summed E-state index contributed by atoms with van der Waals surface area (Å²) < 4.78 is 1.03. The van der Waals surface area contributed by atoms with E-state index in [-0.39, 0.29) is 0 Å². The topological polar surface area (TPSA) is 23.6 Å². The van der Waals surface area contributed by atoms with Crippen LogP contribution in [-0.4, -0.2) is 43.4 Å². The van der Waals surface area contributed by atoms with Crippen LogP contribution in [-0.2, 0) is 0 Å². The highest BCUT2D eigenvalue weighted by molar-refractivity contribution is 9.10. The molecule has 1 aliphatic carbocycles. The predicted molar refractivity (Wildman–Crippen MR) is 76.3 cm³/mol. The van der Waals surface area contributed by atoms with Crippen LogP contribution >= 0.6 is 15.9 Å². The number of aldehydes is 1. The third-order valence-electron chi connectivity index (χ3n) is 3.84. The highest BCUT2D eigenvalue weighted by atomic mass is 79.9. The van der Waals surface area contributed by atoms with Crippen molar-refractivity contribution < 1.29 is 4.79 Å². The van der Waals surface area contributed by atoms with Gasteiger partial charge in [-0.25, -0.2) is 0 Å². The number of halogens is 1. The Kier molecular flexibility index (Phi) is 3.39. The molecule has 0 radical (unpaired) electrons. The van der Waals surface area contributed by atoms with Gasteiger partial charge in [0.25, 0.3) is 0 Å². The highest BCUT2D eigenvalue weighted by Gasteiger charge is 2.31. The van der Waals surface area contributed by atoms with Crippen LogP contribution in [0.3, 0.4) is 0 Å². The first-order valence-electron chi connectivity index (χ1n) is 6.51. The molecule has 1 saturated heterocycles. The second-order valence-electron chi connectivity index (χ2n) is 5.08. The molecule has 3 rings (SSSR count). The van der Waals surface area contributed by atoms with Gasteiger partial charge in [0.1, 0.15) is 0 Å². The van der Waals surface area contributed by atoms with Crippen molar-refractivity contribution in [2.45, 2.75) is 18.9 Å². The molecule has 0 atom stereocenters. The van der Waals surface area contributed by atoms with Crippen molar-refractivity contribution in [1.29, 1.82) is 0 Å². The molecule has 1 saturated carbocycles. The van der Waals surface area contributed by atoms with Gasteiger partial charge in [0, 0.05) is 47.9 Å². The molecule has 0 unspecified atom stereocenters. The van der Waals surface area contributed by atoms with Gasteiger partial charge in [-0.2, -0.15) is 0 Å². The summed E-state index contributed by atoms with van der Waals surface area (Å²) in [5.74, 6) is 0. The fourth-order valence-corrected chi connectivity index (χ4v) is 3.01. The summed E-state index contributed by atoms with van der Waals surface area (Å²) in [5.41, 5.74) is 1.85. The first-order valence-corrected chi connectivity index (χ1v) is 7.31. The minimum absolute atomic E-state index is 0.790. The molecule has 2 fully saturated rings. The highest BCUT2D eigenvalue weighted by Crippen LogP contribution is 2.30. The molecule has 3 nitrogen and oxygen atoms in total. The standard InChI is InChI=1S/C14H17BrN2O/c15-12-2-1-11(10-18)14(9-12)17-7-5-16(6-8-17)13-3-4-13/h1-2,9-10,13H,3-8H2. The number of nitrogens with zero attached hydrogens (tertiary/aromatic N) is 2. The van der Waals surface area contributed by atoms with Crippen molar-refractivity contribution in [1.82, 2.24) is 4.90 Å². The van der Waals surface area contributed by atoms with Crippen LogP contribution in [0.25, 0.3) is 0 Å². The molecular formula is C14H17BrN2O. The number of rotatable bonds is 3. The first kappa shape index (κ1) is 12.2. The van der Waals surface area contributed by atoms with Gasteiger partial charge < -0.3 is 4.90 Å². The molecule has 96 valence electrons. The third kappa shape index (κ3) is 2.45. The normalized spacial score (nSPS) is 21.1. The molecule has 1 heterocycles. The second kappa shape index (κ2) is 5.02. The monoisotopic (exact) mass is 308 g/mol. The molecule has 2 aliphatic rings. The molecule has 4 heteroatoms. The van der Waals surface area contributed by atoms with Gasteiger partial charge in [0.2, 0.25) is 0 Å². The zero-order chi connectivity index (χ0) is 12.5. The predicted octanol–water partition coefficient (Wildman–Crippen LogP) is 2.55. The number of hydrogen-bond acceptors (Lipinski definition) is 3. The summed E-state index contributed by atoms with van der Waals surface area (Å²) in [7, 11) is 0. The molecule has 0 amide bonds. The van der Waals surface area contributed by atoms with Gasteiger partial charge in [-0.05, 0) is 31.0 Å². The van der Waals surface area contributed by atoms with E-state index < -0.39 is 0 Å². The molecule has 1 aromatic carbocycles. The summed E-state index contributed by atoms with van der Waals surface area (Å²) in [6.45, 7) is 4.28. The molecular weight excluding hydrogens is 292 g/mol. The van der Waals surface area contributed by atoms with Crippen molar-refractivity contribution >= 4 is 27.9 Å². The van der Waals surface area contributed by atoms with Crippen molar-refractivity contribution in [3.05, 3.63) is 28.2 Å². The molecule has 0 aromatic heterocycles. The summed E-state index contributed by atoms with van der Waals surface area (Å²) in [6, 6.07) is 6.71. The van der Waals surface area contributed by atoms with Gasteiger partial charge in [-0.1, -0.05) is 15.9 Å². The van der Waals surface area contributed by atoms with Crippen LogP contribution in [0.2, 0.25) is 0 Å². The Morgan fingerprint density at radius 2 is 1.89 bits per heavy atom. The zero-order valence-corrected chi connectivity index (χ0v) is 11.9. The number of piperazine rings is 1. The van der Waals surface area contributed by atoms with Crippen LogP contribution in [0.5, 0.6) is 0 Å². The Balaban J connectivity index is 1.74. The van der Waals surface area contributed by atoms with Crippen LogP contribution in [0.1, 0.15) is 23.2 Å². The quantitative estimate of drug-likeness (QED) is 0.802. The van der Waals surface area contributed by atoms with Gasteiger partial charge >= 0.3 is 0 Å². The fraction of sp³-hybridized carbons (Fsp3) is 0.500. The molecule has 0 bridgehead atoms. The van der Waals surface area contributed by atoms with E-state index in [1.807, 2.05) is 12.1 Å². The Bertz CT molecular complexity index is 451. The number of benzene rings is 1. The van der Waals surface area contributed by atoms with Crippen molar-refractivity contribution in [2.75, 3.05) is 31.1 Å². The average molecular weight is 309 g/mol. The van der Waals surface area contributed by atoms with Crippen LogP contribution in [0, 0.1) is 0 Å². The summed E-state index contributed by atoms with van der Waals surface area (Å²) in [4.78, 5) is 16.0. The number of anilines is 1. The third-order valence-corrected chi connectivity index (χ3v) is 4.33. The average Bonchev–Trinajstić information content (AvgIpc) is 3.23. The van der Waals surface area contributed by atoms with E-state index in [9.17, 15) is 4.79 Å². The lowest BCUT2D eigenvalue weighted by molar-refractivity contribution is 0.112. The Morgan fingerprint density at radius 3 is 2.50 bits per heavy atom. The van der Waals surface area contributed by atoms with E-state index in [0.717, 1.165) is 54.2 Å². The van der Waals surface area contributed by atoms with Gasteiger partial charge in [-0.15, -0.1) is 0 Å². The summed E-state index contributed by atoms with van der Waals surface area (Å²) >= 11 is 3.48. The molecule has 18 heavy (non-hydrogen) atoms. The molecule has 0 spiro atoms. The van der Waals surface area contributed by atoms with E-state index in [1.165, 1.54) is 12.8 Å². The number of carbonyl (C=O) groups is 1.